The minimum absolute atomic E-state index is 0.0446. The molecule has 1 aromatic carbocycles. The lowest BCUT2D eigenvalue weighted by Crippen LogP contribution is -2.26. The molecule has 0 aliphatic carbocycles. The van der Waals surface area contributed by atoms with Crippen LogP contribution in [0.2, 0.25) is 0 Å². The van der Waals surface area contributed by atoms with E-state index >= 15 is 0 Å². The smallest absolute Gasteiger partial charge is 0.253 e. The lowest BCUT2D eigenvalue weighted by Gasteiger charge is -2.08. The van der Waals surface area contributed by atoms with Crippen LogP contribution in [0.15, 0.2) is 67.3 Å². The SMILES string of the molecule is O=C(NCc1cccnc1)c1cncc(C(=O)NCc2ccccc2F)c1. The van der Waals surface area contributed by atoms with Gasteiger partial charge in [0.1, 0.15) is 5.82 Å². The molecule has 27 heavy (non-hydrogen) atoms. The molecule has 0 aliphatic rings. The normalized spacial score (nSPS) is 10.3. The van der Waals surface area contributed by atoms with E-state index in [1.807, 2.05) is 6.07 Å². The summed E-state index contributed by atoms with van der Waals surface area (Å²) in [7, 11) is 0. The van der Waals surface area contributed by atoms with Crippen molar-refractivity contribution in [2.75, 3.05) is 0 Å². The monoisotopic (exact) mass is 364 g/mol. The second kappa shape index (κ2) is 8.66. The third kappa shape index (κ3) is 4.94. The molecule has 2 amide bonds. The quantitative estimate of drug-likeness (QED) is 0.704. The molecule has 0 aliphatic heterocycles. The number of nitrogens with zero attached hydrogens (tertiary/aromatic N) is 2. The fourth-order valence-corrected chi connectivity index (χ4v) is 2.39. The fourth-order valence-electron chi connectivity index (χ4n) is 2.39. The topological polar surface area (TPSA) is 84.0 Å². The summed E-state index contributed by atoms with van der Waals surface area (Å²) in [5.41, 5.74) is 1.72. The van der Waals surface area contributed by atoms with E-state index in [9.17, 15) is 14.0 Å². The van der Waals surface area contributed by atoms with Crippen LogP contribution in [-0.4, -0.2) is 21.8 Å². The Morgan fingerprint density at radius 3 is 2.22 bits per heavy atom. The Morgan fingerprint density at radius 2 is 1.56 bits per heavy atom. The molecule has 2 N–H and O–H groups in total. The van der Waals surface area contributed by atoms with Crippen LogP contribution in [0.5, 0.6) is 0 Å². The van der Waals surface area contributed by atoms with E-state index < -0.39 is 5.91 Å². The molecule has 3 aromatic rings. The van der Waals surface area contributed by atoms with Gasteiger partial charge in [0.2, 0.25) is 0 Å². The first-order chi connectivity index (χ1) is 13.1. The highest BCUT2D eigenvalue weighted by Crippen LogP contribution is 2.08. The molecule has 136 valence electrons. The lowest BCUT2D eigenvalue weighted by molar-refractivity contribution is 0.0950. The van der Waals surface area contributed by atoms with Crippen molar-refractivity contribution in [3.05, 3.63) is 95.3 Å². The zero-order valence-corrected chi connectivity index (χ0v) is 14.4. The van der Waals surface area contributed by atoms with E-state index in [0.717, 1.165) is 5.56 Å². The third-order valence-corrected chi connectivity index (χ3v) is 3.84. The summed E-state index contributed by atoms with van der Waals surface area (Å²) in [5.74, 6) is -1.18. The first-order valence-corrected chi connectivity index (χ1v) is 8.27. The summed E-state index contributed by atoms with van der Waals surface area (Å²) >= 11 is 0. The maximum atomic E-state index is 13.6. The number of hydrogen-bond acceptors (Lipinski definition) is 4. The summed E-state index contributed by atoms with van der Waals surface area (Å²) < 4.78 is 13.6. The maximum absolute atomic E-state index is 13.6. The molecule has 0 saturated carbocycles. The summed E-state index contributed by atoms with van der Waals surface area (Å²) in [6.45, 7) is 0.360. The summed E-state index contributed by atoms with van der Waals surface area (Å²) in [5, 5.41) is 5.37. The van der Waals surface area contributed by atoms with Gasteiger partial charge < -0.3 is 10.6 Å². The number of amides is 2. The fraction of sp³-hybridized carbons (Fsp3) is 0.100. The molecule has 0 unspecified atom stereocenters. The van der Waals surface area contributed by atoms with Crippen molar-refractivity contribution in [1.82, 2.24) is 20.6 Å². The molecule has 2 heterocycles. The van der Waals surface area contributed by atoms with E-state index in [4.69, 9.17) is 0 Å². The molecule has 0 saturated heterocycles. The van der Waals surface area contributed by atoms with E-state index in [2.05, 4.69) is 20.6 Å². The van der Waals surface area contributed by atoms with Crippen LogP contribution in [0.25, 0.3) is 0 Å². The average molecular weight is 364 g/mol. The van der Waals surface area contributed by atoms with Crippen molar-refractivity contribution in [2.45, 2.75) is 13.1 Å². The zero-order valence-electron chi connectivity index (χ0n) is 14.4. The van der Waals surface area contributed by atoms with Gasteiger partial charge in [0.05, 0.1) is 11.1 Å². The van der Waals surface area contributed by atoms with E-state index in [1.165, 1.54) is 24.5 Å². The Morgan fingerprint density at radius 1 is 0.852 bits per heavy atom. The van der Waals surface area contributed by atoms with Crippen LogP contribution >= 0.6 is 0 Å². The highest BCUT2D eigenvalue weighted by Gasteiger charge is 2.12. The number of aromatic nitrogens is 2. The molecule has 0 fully saturated rings. The summed E-state index contributed by atoms with van der Waals surface area (Å²) in [4.78, 5) is 32.5. The Labute approximate surface area is 155 Å². The summed E-state index contributed by atoms with van der Waals surface area (Å²) in [6, 6.07) is 11.3. The number of carbonyl (C=O) groups excluding carboxylic acids is 2. The van der Waals surface area contributed by atoms with Crippen molar-refractivity contribution in [2.24, 2.45) is 0 Å². The molecule has 0 bridgehead atoms. The first-order valence-electron chi connectivity index (χ1n) is 8.27. The van der Waals surface area contributed by atoms with Crippen LogP contribution in [-0.2, 0) is 13.1 Å². The van der Waals surface area contributed by atoms with Gasteiger partial charge in [-0.15, -0.1) is 0 Å². The summed E-state index contributed by atoms with van der Waals surface area (Å²) in [6.07, 6.45) is 6.05. The third-order valence-electron chi connectivity index (χ3n) is 3.84. The van der Waals surface area contributed by atoms with Gasteiger partial charge in [-0.25, -0.2) is 4.39 Å². The Bertz CT molecular complexity index is 947. The van der Waals surface area contributed by atoms with E-state index in [0.29, 0.717) is 12.1 Å². The molecule has 0 atom stereocenters. The number of rotatable bonds is 6. The predicted molar refractivity (Wildman–Crippen MR) is 97.2 cm³/mol. The van der Waals surface area contributed by atoms with Crippen molar-refractivity contribution in [3.8, 4) is 0 Å². The minimum Gasteiger partial charge on any atom is -0.348 e. The maximum Gasteiger partial charge on any atom is 0.253 e. The Hall–Kier alpha value is -3.61. The molecule has 2 aromatic heterocycles. The highest BCUT2D eigenvalue weighted by molar-refractivity contribution is 5.99. The number of carbonyl (C=O) groups is 2. The number of pyridine rings is 2. The zero-order chi connectivity index (χ0) is 19.1. The van der Waals surface area contributed by atoms with Gasteiger partial charge in [-0.05, 0) is 23.8 Å². The van der Waals surface area contributed by atoms with Gasteiger partial charge in [0.15, 0.2) is 0 Å². The van der Waals surface area contributed by atoms with Crippen LogP contribution < -0.4 is 10.6 Å². The van der Waals surface area contributed by atoms with Gasteiger partial charge in [-0.1, -0.05) is 24.3 Å². The van der Waals surface area contributed by atoms with Gasteiger partial charge >= 0.3 is 0 Å². The van der Waals surface area contributed by atoms with Crippen LogP contribution in [0.4, 0.5) is 4.39 Å². The Kier molecular flexibility index (Phi) is 5.84. The predicted octanol–water partition coefficient (Wildman–Crippen LogP) is 2.48. The van der Waals surface area contributed by atoms with Gasteiger partial charge in [0.25, 0.3) is 11.8 Å². The van der Waals surface area contributed by atoms with E-state index in [1.54, 1.807) is 36.7 Å². The minimum atomic E-state index is -0.437. The molecule has 3 rings (SSSR count). The van der Waals surface area contributed by atoms with Crippen molar-refractivity contribution < 1.29 is 14.0 Å². The molecule has 7 heteroatoms. The lowest BCUT2D eigenvalue weighted by atomic mass is 10.1. The van der Waals surface area contributed by atoms with E-state index in [-0.39, 0.29) is 29.4 Å². The van der Waals surface area contributed by atoms with Gasteiger partial charge in [-0.3, -0.25) is 19.6 Å². The number of nitrogens with one attached hydrogen (secondary N) is 2. The second-order valence-corrected chi connectivity index (χ2v) is 5.78. The number of hydrogen-bond donors (Lipinski definition) is 2. The highest BCUT2D eigenvalue weighted by atomic mass is 19.1. The standard InChI is InChI=1S/C20H17FN4O2/c21-18-6-2-1-5-15(18)13-25-20(27)17-8-16(11-23-12-17)19(26)24-10-14-4-3-7-22-9-14/h1-9,11-12H,10,13H2,(H,24,26)(H,25,27). The van der Waals surface area contributed by atoms with Crippen molar-refractivity contribution in [3.63, 3.8) is 0 Å². The van der Waals surface area contributed by atoms with Crippen molar-refractivity contribution in [1.29, 1.82) is 0 Å². The van der Waals surface area contributed by atoms with Gasteiger partial charge in [0, 0.05) is 43.4 Å². The average Bonchev–Trinajstić information content (AvgIpc) is 2.72. The Balaban J connectivity index is 1.61. The van der Waals surface area contributed by atoms with Crippen LogP contribution in [0.1, 0.15) is 31.8 Å². The first kappa shape index (κ1) is 18.2. The number of benzene rings is 1. The molecule has 0 radical (unpaired) electrons. The molecular weight excluding hydrogens is 347 g/mol. The van der Waals surface area contributed by atoms with Crippen LogP contribution in [0.3, 0.4) is 0 Å². The largest absolute Gasteiger partial charge is 0.348 e. The van der Waals surface area contributed by atoms with Crippen molar-refractivity contribution >= 4 is 11.8 Å². The second-order valence-electron chi connectivity index (χ2n) is 5.78. The number of halogens is 1. The van der Waals surface area contributed by atoms with Gasteiger partial charge in [-0.2, -0.15) is 0 Å². The molecule has 6 nitrogen and oxygen atoms in total. The van der Waals surface area contributed by atoms with Crippen LogP contribution in [0, 0.1) is 5.82 Å². The molecular formula is C20H17FN4O2. The molecule has 0 spiro atoms.